The fourth-order valence-corrected chi connectivity index (χ4v) is 2.05. The Hall–Kier alpha value is 0.580. The number of hydrogen-bond acceptors (Lipinski definition) is 0. The van der Waals surface area contributed by atoms with E-state index in [0.29, 0.717) is 0 Å². The third-order valence-corrected chi connectivity index (χ3v) is 3.35. The van der Waals surface area contributed by atoms with E-state index in [4.69, 9.17) is 23.2 Å². The van der Waals surface area contributed by atoms with Crippen molar-refractivity contribution in [2.75, 3.05) is 0 Å². The van der Waals surface area contributed by atoms with E-state index < -0.39 is 4.33 Å². The predicted octanol–water partition coefficient (Wildman–Crippen LogP) is 3.37. The molecule has 1 aliphatic carbocycles. The van der Waals surface area contributed by atoms with Gasteiger partial charge in [0.25, 0.3) is 0 Å². The van der Waals surface area contributed by atoms with Gasteiger partial charge in [0.15, 0.2) is 0 Å². The molecule has 1 atom stereocenters. The first-order valence-electron chi connectivity index (χ1n) is 3.40. The monoisotopic (exact) mass is 166 g/mol. The molecule has 0 bridgehead atoms. The summed E-state index contributed by atoms with van der Waals surface area (Å²) in [6, 6.07) is 0. The molecular weight excluding hydrogens is 155 g/mol. The van der Waals surface area contributed by atoms with Gasteiger partial charge >= 0.3 is 0 Å². The maximum Gasteiger partial charge on any atom is 0.124 e. The first-order valence-corrected chi connectivity index (χ1v) is 4.15. The van der Waals surface area contributed by atoms with E-state index in [2.05, 4.69) is 13.8 Å². The smallest absolute Gasteiger partial charge is 0.101 e. The summed E-state index contributed by atoms with van der Waals surface area (Å²) < 4.78 is -0.400. The molecule has 1 aliphatic rings. The van der Waals surface area contributed by atoms with E-state index in [1.54, 1.807) is 0 Å². The van der Waals surface area contributed by atoms with Crippen molar-refractivity contribution in [1.29, 1.82) is 0 Å². The fourth-order valence-electron chi connectivity index (χ4n) is 1.27. The highest BCUT2D eigenvalue weighted by Crippen LogP contribution is 2.65. The summed E-state index contributed by atoms with van der Waals surface area (Å²) in [7, 11) is 0. The minimum Gasteiger partial charge on any atom is -0.101 e. The van der Waals surface area contributed by atoms with Gasteiger partial charge in [-0.1, -0.05) is 20.3 Å². The Bertz CT molecular complexity index is 120. The zero-order chi connectivity index (χ0) is 7.12. The molecule has 2 heteroatoms. The molecule has 1 fully saturated rings. The van der Waals surface area contributed by atoms with Gasteiger partial charge in [-0.2, -0.15) is 0 Å². The summed E-state index contributed by atoms with van der Waals surface area (Å²) in [5, 5.41) is 0. The summed E-state index contributed by atoms with van der Waals surface area (Å²) in [4.78, 5) is 0. The van der Waals surface area contributed by atoms with Crippen molar-refractivity contribution in [2.24, 2.45) is 5.41 Å². The van der Waals surface area contributed by atoms with Crippen LogP contribution in [0.5, 0.6) is 0 Å². The molecular formula is C7H12Cl2. The lowest BCUT2D eigenvalue weighted by molar-refractivity contribution is 0.502. The summed E-state index contributed by atoms with van der Waals surface area (Å²) in [6.07, 6.45) is 3.30. The van der Waals surface area contributed by atoms with E-state index in [0.717, 1.165) is 12.8 Å². The quantitative estimate of drug-likeness (QED) is 0.553. The van der Waals surface area contributed by atoms with Crippen LogP contribution in [0.1, 0.15) is 33.1 Å². The summed E-state index contributed by atoms with van der Waals surface area (Å²) in [6.45, 7) is 4.31. The van der Waals surface area contributed by atoms with Crippen LogP contribution in [0.2, 0.25) is 0 Å². The molecule has 54 valence electrons. The molecule has 0 spiro atoms. The Labute approximate surface area is 66.5 Å². The highest BCUT2D eigenvalue weighted by atomic mass is 35.5. The van der Waals surface area contributed by atoms with Crippen LogP contribution < -0.4 is 0 Å². The first-order chi connectivity index (χ1) is 4.02. The summed E-state index contributed by atoms with van der Waals surface area (Å²) >= 11 is 11.8. The zero-order valence-electron chi connectivity index (χ0n) is 5.88. The minimum absolute atomic E-state index is 0.227. The third-order valence-electron chi connectivity index (χ3n) is 2.17. The maximum absolute atomic E-state index is 5.89. The van der Waals surface area contributed by atoms with Crippen LogP contribution in [0.15, 0.2) is 0 Å². The van der Waals surface area contributed by atoms with E-state index >= 15 is 0 Å². The van der Waals surface area contributed by atoms with Crippen molar-refractivity contribution in [3.63, 3.8) is 0 Å². The Morgan fingerprint density at radius 3 is 2.00 bits per heavy atom. The molecule has 0 aromatic rings. The van der Waals surface area contributed by atoms with E-state index in [1.165, 1.54) is 6.42 Å². The zero-order valence-corrected chi connectivity index (χ0v) is 7.39. The van der Waals surface area contributed by atoms with Gasteiger partial charge in [-0.15, -0.1) is 23.2 Å². The molecule has 9 heavy (non-hydrogen) atoms. The maximum atomic E-state index is 5.89. The van der Waals surface area contributed by atoms with E-state index in [1.807, 2.05) is 0 Å². The van der Waals surface area contributed by atoms with Crippen LogP contribution >= 0.6 is 23.2 Å². The average Bonchev–Trinajstić information content (AvgIpc) is 2.07. The first kappa shape index (κ1) is 7.68. The van der Waals surface area contributed by atoms with Gasteiger partial charge in [0.1, 0.15) is 4.33 Å². The predicted molar refractivity (Wildman–Crippen MR) is 42.1 cm³/mol. The molecule has 1 rings (SSSR count). The van der Waals surface area contributed by atoms with Gasteiger partial charge in [0.2, 0.25) is 0 Å². The summed E-state index contributed by atoms with van der Waals surface area (Å²) in [5.74, 6) is 0. The Morgan fingerprint density at radius 2 is 1.89 bits per heavy atom. The Morgan fingerprint density at radius 1 is 1.44 bits per heavy atom. The number of hydrogen-bond donors (Lipinski definition) is 0. The molecule has 0 amide bonds. The molecule has 0 aromatic carbocycles. The van der Waals surface area contributed by atoms with E-state index in [9.17, 15) is 0 Å². The Kier molecular flexibility index (Phi) is 1.73. The second-order valence-corrected chi connectivity index (χ2v) is 4.68. The van der Waals surface area contributed by atoms with Crippen LogP contribution in [-0.4, -0.2) is 4.33 Å². The average molecular weight is 167 g/mol. The van der Waals surface area contributed by atoms with Gasteiger partial charge in [-0.3, -0.25) is 0 Å². The van der Waals surface area contributed by atoms with Gasteiger partial charge in [0, 0.05) is 5.41 Å². The lowest BCUT2D eigenvalue weighted by atomic mass is 10.0. The van der Waals surface area contributed by atoms with Crippen molar-refractivity contribution in [1.82, 2.24) is 0 Å². The lowest BCUT2D eigenvalue weighted by Crippen LogP contribution is -2.02. The van der Waals surface area contributed by atoms with Crippen molar-refractivity contribution >= 4 is 23.2 Å². The van der Waals surface area contributed by atoms with Crippen molar-refractivity contribution in [2.45, 2.75) is 37.4 Å². The van der Waals surface area contributed by atoms with Gasteiger partial charge in [-0.05, 0) is 12.8 Å². The topological polar surface area (TPSA) is 0 Å². The normalized spacial score (nSPS) is 38.7. The molecule has 0 aromatic heterocycles. The van der Waals surface area contributed by atoms with Crippen LogP contribution in [0.3, 0.4) is 0 Å². The van der Waals surface area contributed by atoms with Crippen LogP contribution in [-0.2, 0) is 0 Å². The van der Waals surface area contributed by atoms with Crippen molar-refractivity contribution < 1.29 is 0 Å². The second kappa shape index (κ2) is 2.03. The molecule has 0 heterocycles. The van der Waals surface area contributed by atoms with E-state index in [-0.39, 0.29) is 5.41 Å². The third kappa shape index (κ3) is 1.20. The number of alkyl halides is 2. The molecule has 0 aliphatic heterocycles. The minimum atomic E-state index is -0.400. The second-order valence-electron chi connectivity index (χ2n) is 3.19. The molecule has 0 radical (unpaired) electrons. The fraction of sp³-hybridized carbons (Fsp3) is 1.00. The molecule has 1 unspecified atom stereocenters. The van der Waals surface area contributed by atoms with Crippen LogP contribution in [0, 0.1) is 5.41 Å². The van der Waals surface area contributed by atoms with Gasteiger partial charge in [0.05, 0.1) is 0 Å². The molecule has 0 N–H and O–H groups in total. The summed E-state index contributed by atoms with van der Waals surface area (Å²) in [5.41, 5.74) is 0.227. The van der Waals surface area contributed by atoms with Crippen molar-refractivity contribution in [3.05, 3.63) is 0 Å². The van der Waals surface area contributed by atoms with Gasteiger partial charge in [-0.25, -0.2) is 0 Å². The molecule has 1 saturated carbocycles. The Balaban J connectivity index is 2.42. The SMILES string of the molecule is CCCC1(C)CC1(Cl)Cl. The number of halogens is 2. The lowest BCUT2D eigenvalue weighted by Gasteiger charge is -2.08. The van der Waals surface area contributed by atoms with Crippen LogP contribution in [0.25, 0.3) is 0 Å². The number of rotatable bonds is 2. The van der Waals surface area contributed by atoms with Gasteiger partial charge < -0.3 is 0 Å². The van der Waals surface area contributed by atoms with Crippen LogP contribution in [0.4, 0.5) is 0 Å². The highest BCUT2D eigenvalue weighted by Gasteiger charge is 2.61. The standard InChI is InChI=1S/C7H12Cl2/c1-3-4-6(2)5-7(6,8)9/h3-5H2,1-2H3. The van der Waals surface area contributed by atoms with Crippen molar-refractivity contribution in [3.8, 4) is 0 Å². The molecule has 0 nitrogen and oxygen atoms in total. The highest BCUT2D eigenvalue weighted by molar-refractivity contribution is 6.51. The molecule has 0 saturated heterocycles. The largest absolute Gasteiger partial charge is 0.124 e.